The first-order valence-electron chi connectivity index (χ1n) is 18.8. The van der Waals surface area contributed by atoms with Gasteiger partial charge in [-0.3, -0.25) is 19.2 Å². The summed E-state index contributed by atoms with van der Waals surface area (Å²) in [6.45, 7) is 10.3. The molecule has 0 bridgehead atoms. The van der Waals surface area contributed by atoms with Crippen molar-refractivity contribution in [3.63, 3.8) is 0 Å². The van der Waals surface area contributed by atoms with E-state index in [-0.39, 0.29) is 30.6 Å². The Balaban J connectivity index is 1.21. The fourth-order valence-corrected chi connectivity index (χ4v) is 6.35. The Kier molecular flexibility index (Phi) is 15.6. The van der Waals surface area contributed by atoms with Crippen molar-refractivity contribution in [2.45, 2.75) is 91.0 Å². The van der Waals surface area contributed by atoms with E-state index in [2.05, 4.69) is 46.5 Å². The second-order valence-electron chi connectivity index (χ2n) is 14.9. The summed E-state index contributed by atoms with van der Waals surface area (Å²) < 4.78 is 10.2. The average Bonchev–Trinajstić information content (AvgIpc) is 3.64. The van der Waals surface area contributed by atoms with E-state index in [4.69, 9.17) is 20.9 Å². The van der Waals surface area contributed by atoms with Gasteiger partial charge in [0.05, 0.1) is 28.9 Å². The van der Waals surface area contributed by atoms with Gasteiger partial charge in [-0.05, 0) is 89.1 Å². The number of nitrogens with one attached hydrogen (secondary N) is 5. The number of thiophene rings is 1. The number of nitrogen functional groups attached to an aromatic ring is 2. The van der Waals surface area contributed by atoms with Gasteiger partial charge in [0.25, 0.3) is 11.8 Å². The molecule has 0 aliphatic heterocycles. The molecule has 9 N–H and O–H groups in total. The molecule has 19 nitrogen and oxygen atoms in total. The smallest absolute Gasteiger partial charge is 0.408 e. The molecule has 5 amide bonds. The first-order chi connectivity index (χ1) is 27.8. The van der Waals surface area contributed by atoms with Crippen molar-refractivity contribution in [1.29, 1.82) is 0 Å². The molecule has 4 aromatic rings. The van der Waals surface area contributed by atoms with Crippen LogP contribution >= 0.6 is 11.3 Å². The number of nitrogens with two attached hydrogens (primary N) is 2. The van der Waals surface area contributed by atoms with Gasteiger partial charge in [0.2, 0.25) is 17.8 Å². The molecule has 0 saturated carbocycles. The molecule has 0 aliphatic rings. The third-order valence-corrected chi connectivity index (χ3v) is 9.58. The van der Waals surface area contributed by atoms with Crippen LogP contribution in [0.3, 0.4) is 0 Å². The molecule has 0 unspecified atom stereocenters. The highest BCUT2D eigenvalue weighted by atomic mass is 32.1. The number of ether oxygens (including phenoxy) is 2. The van der Waals surface area contributed by atoms with Crippen LogP contribution in [0.1, 0.15) is 85.7 Å². The van der Waals surface area contributed by atoms with Gasteiger partial charge in [-0.2, -0.15) is 9.97 Å². The van der Waals surface area contributed by atoms with E-state index >= 15 is 0 Å². The standard InChI is InChI=1S/C39H51N11O8S/c1-20(2)28(48-38(56)58-39(4,5)6)35(54)44-21(3)32(51)47-27-17-16-26(59-27)34(53)42-18-8-9-25(36(55)57-7)46-33(52)23-13-10-22(11-14-23)12-15-24-19-43-31-29(45-24)30(40)49-37(41)50-31/h10-11,13-14,16-17,19-21,25,28H,8-9,12,15,18H2,1-7H3,(H,42,53)(H,44,54)(H,46,52)(H,47,51)(H,48,56)(H4,40,41,43,49,50)/t21-,25-,28-/m0/s1. The normalized spacial score (nSPS) is 12.8. The van der Waals surface area contributed by atoms with Crippen LogP contribution in [0.15, 0.2) is 42.6 Å². The molecule has 0 spiro atoms. The van der Waals surface area contributed by atoms with Crippen LogP contribution in [0.2, 0.25) is 0 Å². The van der Waals surface area contributed by atoms with Crippen LogP contribution in [0.4, 0.5) is 21.6 Å². The maximum absolute atomic E-state index is 13.1. The molecule has 0 aliphatic carbocycles. The van der Waals surface area contributed by atoms with Crippen molar-refractivity contribution in [3.05, 3.63) is 64.3 Å². The predicted octanol–water partition coefficient (Wildman–Crippen LogP) is 2.91. The highest BCUT2D eigenvalue weighted by Gasteiger charge is 2.29. The largest absolute Gasteiger partial charge is 0.467 e. The number of alkyl carbamates (subject to hydrolysis) is 1. The molecule has 0 fully saturated rings. The SMILES string of the molecule is COC(=O)[C@H](CCCNC(=O)c1ccc(NC(=O)[C@H](C)NC(=O)[C@@H](NC(=O)OC(C)(C)C)C(C)C)s1)NC(=O)c1ccc(CCc2cnc3nc(N)nc(N)c3n2)cc1. The number of benzene rings is 1. The zero-order valence-electron chi connectivity index (χ0n) is 34.0. The molecule has 0 saturated heterocycles. The maximum atomic E-state index is 13.1. The van der Waals surface area contributed by atoms with Crippen LogP contribution < -0.4 is 38.1 Å². The zero-order chi connectivity index (χ0) is 43.4. The number of nitrogens with zero attached hydrogens (tertiary/aromatic N) is 4. The van der Waals surface area contributed by atoms with E-state index in [1.807, 2.05) is 0 Å². The number of amides is 5. The minimum Gasteiger partial charge on any atom is -0.467 e. The van der Waals surface area contributed by atoms with Crippen molar-refractivity contribution in [2.75, 3.05) is 30.4 Å². The maximum Gasteiger partial charge on any atom is 0.408 e. The summed E-state index contributed by atoms with van der Waals surface area (Å²) in [6.07, 6.45) is 2.51. The fourth-order valence-electron chi connectivity index (χ4n) is 5.52. The molecule has 0 radical (unpaired) electrons. The van der Waals surface area contributed by atoms with Gasteiger partial charge >= 0.3 is 12.1 Å². The highest BCUT2D eigenvalue weighted by molar-refractivity contribution is 7.18. The van der Waals surface area contributed by atoms with E-state index in [1.54, 1.807) is 77.2 Å². The van der Waals surface area contributed by atoms with Crippen LogP contribution in [0.25, 0.3) is 11.2 Å². The topological polar surface area (TPSA) is 285 Å². The Hall–Kier alpha value is -6.44. The van der Waals surface area contributed by atoms with Gasteiger partial charge in [-0.15, -0.1) is 11.3 Å². The number of aryl methyl sites for hydroxylation is 2. The lowest BCUT2D eigenvalue weighted by Crippen LogP contribution is -2.54. The lowest BCUT2D eigenvalue weighted by atomic mass is 10.0. The number of esters is 1. The van der Waals surface area contributed by atoms with Crippen molar-refractivity contribution >= 4 is 75.0 Å². The van der Waals surface area contributed by atoms with E-state index < -0.39 is 59.4 Å². The number of hydrogen-bond donors (Lipinski definition) is 7. The number of fused-ring (bicyclic) bond motifs is 1. The number of carbonyl (C=O) groups is 6. The Labute approximate surface area is 345 Å². The monoisotopic (exact) mass is 833 g/mol. The Morgan fingerprint density at radius 3 is 2.22 bits per heavy atom. The fraction of sp³-hybridized carbons (Fsp3) is 0.436. The third kappa shape index (κ3) is 13.6. The molecule has 316 valence electrons. The van der Waals surface area contributed by atoms with Crippen molar-refractivity contribution in [3.8, 4) is 0 Å². The summed E-state index contributed by atoms with van der Waals surface area (Å²) in [6, 6.07) is 7.16. The Bertz CT molecular complexity index is 2150. The lowest BCUT2D eigenvalue weighted by Gasteiger charge is -2.26. The first-order valence-corrected chi connectivity index (χ1v) is 19.7. The molecular weight excluding hydrogens is 783 g/mol. The minimum atomic E-state index is -0.965. The molecule has 1 aromatic carbocycles. The first kappa shape index (κ1) is 45.3. The number of anilines is 3. The number of rotatable bonds is 17. The lowest BCUT2D eigenvalue weighted by molar-refractivity contribution is -0.143. The number of methoxy groups -OCH3 is 1. The number of aromatic nitrogens is 4. The minimum absolute atomic E-state index is 0.0194. The molecule has 59 heavy (non-hydrogen) atoms. The van der Waals surface area contributed by atoms with E-state index in [1.165, 1.54) is 14.0 Å². The Morgan fingerprint density at radius 1 is 0.847 bits per heavy atom. The summed E-state index contributed by atoms with van der Waals surface area (Å²) in [5.74, 6) is -2.71. The second kappa shape index (κ2) is 20.3. The van der Waals surface area contributed by atoms with Gasteiger partial charge in [0, 0.05) is 12.1 Å². The summed E-state index contributed by atoms with van der Waals surface area (Å²) in [4.78, 5) is 93.6. The summed E-state index contributed by atoms with van der Waals surface area (Å²) >= 11 is 1.03. The molecule has 4 rings (SSSR count). The van der Waals surface area contributed by atoms with Crippen LogP contribution in [0, 0.1) is 5.92 Å². The molecule has 3 atom stereocenters. The van der Waals surface area contributed by atoms with Gasteiger partial charge in [-0.1, -0.05) is 26.0 Å². The van der Waals surface area contributed by atoms with E-state index in [0.29, 0.717) is 51.6 Å². The number of carbonyl (C=O) groups excluding carboxylic acids is 6. The third-order valence-electron chi connectivity index (χ3n) is 8.58. The van der Waals surface area contributed by atoms with Crippen molar-refractivity contribution in [1.82, 2.24) is 41.2 Å². The molecule has 3 heterocycles. The summed E-state index contributed by atoms with van der Waals surface area (Å²) in [5, 5.41) is 13.7. The van der Waals surface area contributed by atoms with E-state index in [9.17, 15) is 28.8 Å². The van der Waals surface area contributed by atoms with Gasteiger partial charge in [-0.25, -0.2) is 19.6 Å². The summed E-state index contributed by atoms with van der Waals surface area (Å²) in [7, 11) is 1.23. The van der Waals surface area contributed by atoms with Crippen LogP contribution in [-0.4, -0.2) is 93.0 Å². The zero-order valence-corrected chi connectivity index (χ0v) is 34.8. The van der Waals surface area contributed by atoms with E-state index in [0.717, 1.165) is 16.9 Å². The van der Waals surface area contributed by atoms with Gasteiger partial charge < -0.3 is 47.5 Å². The highest BCUT2D eigenvalue weighted by Crippen LogP contribution is 2.22. The predicted molar refractivity (Wildman–Crippen MR) is 221 cm³/mol. The number of hydrogen-bond acceptors (Lipinski definition) is 15. The van der Waals surface area contributed by atoms with Crippen molar-refractivity contribution in [2.24, 2.45) is 5.92 Å². The van der Waals surface area contributed by atoms with Crippen LogP contribution in [0.5, 0.6) is 0 Å². The molecule has 3 aromatic heterocycles. The van der Waals surface area contributed by atoms with Gasteiger partial charge in [0.15, 0.2) is 17.0 Å². The molecule has 20 heteroatoms. The Morgan fingerprint density at radius 2 is 1.56 bits per heavy atom. The molecular formula is C39H51N11O8S. The summed E-state index contributed by atoms with van der Waals surface area (Å²) in [5.41, 5.74) is 13.4. The second-order valence-corrected chi connectivity index (χ2v) is 16.0. The average molecular weight is 834 g/mol. The van der Waals surface area contributed by atoms with Gasteiger partial charge in [0.1, 0.15) is 23.7 Å². The van der Waals surface area contributed by atoms with Crippen LogP contribution in [-0.2, 0) is 36.7 Å². The van der Waals surface area contributed by atoms with Crippen molar-refractivity contribution < 1.29 is 38.2 Å². The quantitative estimate of drug-likeness (QED) is 0.0595.